The van der Waals surface area contributed by atoms with Crippen molar-refractivity contribution in [3.8, 4) is 0 Å². The van der Waals surface area contributed by atoms with Crippen LogP contribution in [0.3, 0.4) is 0 Å². The van der Waals surface area contributed by atoms with Crippen molar-refractivity contribution in [1.29, 1.82) is 0 Å². The van der Waals surface area contributed by atoms with Crippen LogP contribution in [0.1, 0.15) is 13.3 Å². The SMILES string of the molecule is C[C@@H](O)[C@H](N)C(=O)[CH]C1=CC(O)C(O)C(O)C1. The Morgan fingerprint density at radius 3 is 2.59 bits per heavy atom. The van der Waals surface area contributed by atoms with E-state index in [4.69, 9.17) is 10.8 Å². The molecule has 17 heavy (non-hydrogen) atoms. The van der Waals surface area contributed by atoms with Gasteiger partial charge in [0.2, 0.25) is 0 Å². The molecule has 1 aliphatic carbocycles. The summed E-state index contributed by atoms with van der Waals surface area (Å²) in [4.78, 5) is 11.5. The lowest BCUT2D eigenvalue weighted by Gasteiger charge is -2.27. The van der Waals surface area contributed by atoms with Gasteiger partial charge >= 0.3 is 0 Å². The van der Waals surface area contributed by atoms with Crippen molar-refractivity contribution in [2.45, 2.75) is 43.8 Å². The Morgan fingerprint density at radius 2 is 2.12 bits per heavy atom. The minimum absolute atomic E-state index is 0.0660. The topological polar surface area (TPSA) is 124 Å². The zero-order valence-electron chi connectivity index (χ0n) is 9.52. The van der Waals surface area contributed by atoms with Gasteiger partial charge in [-0.1, -0.05) is 11.6 Å². The minimum atomic E-state index is -1.24. The molecule has 0 saturated heterocycles. The molecule has 0 heterocycles. The van der Waals surface area contributed by atoms with Gasteiger partial charge < -0.3 is 26.2 Å². The molecule has 0 aromatic carbocycles. The van der Waals surface area contributed by atoms with Gasteiger partial charge in [-0.05, 0) is 13.3 Å². The standard InChI is InChI=1S/C11H18NO5/c1-5(13)10(12)7(14)2-6-3-8(15)11(17)9(16)4-6/h2-3,5,8-11,13,15-17H,4,12H2,1H3/t5-,8?,9?,10+,11?/m1/s1. The van der Waals surface area contributed by atoms with E-state index in [1.165, 1.54) is 19.4 Å². The highest BCUT2D eigenvalue weighted by molar-refractivity contribution is 5.95. The lowest BCUT2D eigenvalue weighted by Crippen LogP contribution is -2.43. The number of nitrogens with two attached hydrogens (primary N) is 1. The Hall–Kier alpha value is -0.790. The van der Waals surface area contributed by atoms with Crippen LogP contribution < -0.4 is 5.73 Å². The molecule has 3 unspecified atom stereocenters. The fourth-order valence-electron chi connectivity index (χ4n) is 1.60. The molecule has 0 aromatic rings. The number of hydrogen-bond acceptors (Lipinski definition) is 6. The van der Waals surface area contributed by atoms with Gasteiger partial charge in [0.15, 0.2) is 5.78 Å². The largest absolute Gasteiger partial charge is 0.391 e. The zero-order valence-corrected chi connectivity index (χ0v) is 9.52. The molecule has 0 spiro atoms. The highest BCUT2D eigenvalue weighted by Gasteiger charge is 2.30. The van der Waals surface area contributed by atoms with Crippen molar-refractivity contribution >= 4 is 5.78 Å². The summed E-state index contributed by atoms with van der Waals surface area (Å²) in [6.07, 6.45) is -2.00. The summed E-state index contributed by atoms with van der Waals surface area (Å²) in [5.74, 6) is -0.484. The third-order valence-corrected chi connectivity index (χ3v) is 2.75. The summed E-state index contributed by atoms with van der Waals surface area (Å²) in [5.41, 5.74) is 5.84. The zero-order chi connectivity index (χ0) is 13.2. The first-order valence-corrected chi connectivity index (χ1v) is 5.40. The predicted octanol–water partition coefficient (Wildman–Crippen LogP) is -2.12. The Balaban J connectivity index is 2.64. The average Bonchev–Trinajstić information content (AvgIpc) is 2.24. The van der Waals surface area contributed by atoms with Crippen molar-refractivity contribution in [2.75, 3.05) is 0 Å². The van der Waals surface area contributed by atoms with Crippen molar-refractivity contribution in [3.05, 3.63) is 18.1 Å². The molecule has 0 aromatic heterocycles. The number of ketones is 1. The minimum Gasteiger partial charge on any atom is -0.391 e. The molecule has 0 aliphatic heterocycles. The molecule has 1 aliphatic rings. The van der Waals surface area contributed by atoms with Crippen LogP contribution in [-0.4, -0.2) is 56.7 Å². The van der Waals surface area contributed by atoms with Gasteiger partial charge in [-0.25, -0.2) is 0 Å². The average molecular weight is 244 g/mol. The molecule has 0 bridgehead atoms. The molecule has 6 heteroatoms. The summed E-state index contributed by atoms with van der Waals surface area (Å²) >= 11 is 0. The number of hydrogen-bond donors (Lipinski definition) is 5. The van der Waals surface area contributed by atoms with Crippen LogP contribution in [0.25, 0.3) is 0 Å². The molecular weight excluding hydrogens is 226 g/mol. The number of aliphatic hydroxyl groups is 4. The van der Waals surface area contributed by atoms with Crippen LogP contribution in [-0.2, 0) is 4.79 Å². The third-order valence-electron chi connectivity index (χ3n) is 2.75. The van der Waals surface area contributed by atoms with E-state index < -0.39 is 36.2 Å². The first-order valence-electron chi connectivity index (χ1n) is 5.40. The van der Waals surface area contributed by atoms with Gasteiger partial charge in [-0.3, -0.25) is 4.79 Å². The fourth-order valence-corrected chi connectivity index (χ4v) is 1.60. The molecule has 0 fully saturated rings. The van der Waals surface area contributed by atoms with E-state index in [2.05, 4.69) is 0 Å². The second-order valence-corrected chi connectivity index (χ2v) is 4.31. The fraction of sp³-hybridized carbons (Fsp3) is 0.636. The molecule has 6 nitrogen and oxygen atoms in total. The van der Waals surface area contributed by atoms with Gasteiger partial charge in [-0.15, -0.1) is 0 Å². The Kier molecular flexibility index (Phi) is 4.79. The van der Waals surface area contributed by atoms with Crippen LogP contribution in [0.4, 0.5) is 0 Å². The van der Waals surface area contributed by atoms with E-state index in [1.54, 1.807) is 0 Å². The number of rotatable bonds is 4. The molecular formula is C11H18NO5. The second kappa shape index (κ2) is 5.70. The first kappa shape index (κ1) is 14.3. The van der Waals surface area contributed by atoms with Gasteiger partial charge in [-0.2, -0.15) is 0 Å². The van der Waals surface area contributed by atoms with Gasteiger partial charge in [0, 0.05) is 0 Å². The van der Waals surface area contributed by atoms with Crippen LogP contribution in [0.2, 0.25) is 0 Å². The quantitative estimate of drug-likeness (QED) is 0.385. The number of aliphatic hydroxyl groups excluding tert-OH is 4. The highest BCUT2D eigenvalue weighted by Crippen LogP contribution is 2.22. The van der Waals surface area contributed by atoms with Crippen molar-refractivity contribution < 1.29 is 25.2 Å². The van der Waals surface area contributed by atoms with Crippen LogP contribution in [0.15, 0.2) is 11.6 Å². The molecule has 97 valence electrons. The molecule has 1 rings (SSSR count). The smallest absolute Gasteiger partial charge is 0.160 e. The summed E-state index contributed by atoms with van der Waals surface area (Å²) in [7, 11) is 0. The highest BCUT2D eigenvalue weighted by atomic mass is 16.4. The molecule has 0 amide bonds. The lowest BCUT2D eigenvalue weighted by molar-refractivity contribution is -0.119. The Morgan fingerprint density at radius 1 is 1.53 bits per heavy atom. The van der Waals surface area contributed by atoms with Crippen LogP contribution in [0, 0.1) is 6.42 Å². The van der Waals surface area contributed by atoms with Gasteiger partial charge in [0.05, 0.1) is 24.7 Å². The first-order chi connectivity index (χ1) is 7.82. The number of carbonyl (C=O) groups is 1. The van der Waals surface area contributed by atoms with Crippen molar-refractivity contribution in [3.63, 3.8) is 0 Å². The predicted molar refractivity (Wildman–Crippen MR) is 59.7 cm³/mol. The van der Waals surface area contributed by atoms with Crippen LogP contribution >= 0.6 is 0 Å². The van der Waals surface area contributed by atoms with E-state index in [0.717, 1.165) is 0 Å². The van der Waals surface area contributed by atoms with Gasteiger partial charge in [0.1, 0.15) is 12.2 Å². The Bertz CT molecular complexity index is 315. The summed E-state index contributed by atoms with van der Waals surface area (Å²) < 4.78 is 0. The van der Waals surface area contributed by atoms with Crippen molar-refractivity contribution in [1.82, 2.24) is 0 Å². The third kappa shape index (κ3) is 3.58. The number of Topliss-reactive ketones (excluding diaryl/α,β-unsaturated/α-hetero) is 1. The van der Waals surface area contributed by atoms with E-state index in [-0.39, 0.29) is 6.42 Å². The van der Waals surface area contributed by atoms with E-state index >= 15 is 0 Å². The maximum absolute atomic E-state index is 11.5. The number of carbonyl (C=O) groups excluding carboxylic acids is 1. The summed E-state index contributed by atoms with van der Waals surface area (Å²) in [6, 6.07) is -1.03. The van der Waals surface area contributed by atoms with E-state index in [1.807, 2.05) is 0 Å². The van der Waals surface area contributed by atoms with Crippen LogP contribution in [0.5, 0.6) is 0 Å². The van der Waals surface area contributed by atoms with Crippen molar-refractivity contribution in [2.24, 2.45) is 5.73 Å². The molecule has 0 saturated carbocycles. The van der Waals surface area contributed by atoms with E-state index in [0.29, 0.717) is 5.57 Å². The normalized spacial score (nSPS) is 32.8. The summed E-state index contributed by atoms with van der Waals surface area (Å²) in [5, 5.41) is 37.2. The molecule has 1 radical (unpaired) electrons. The van der Waals surface area contributed by atoms with E-state index in [9.17, 15) is 20.1 Å². The van der Waals surface area contributed by atoms with Gasteiger partial charge in [0.25, 0.3) is 0 Å². The maximum Gasteiger partial charge on any atom is 0.160 e. The molecule has 5 atom stereocenters. The lowest BCUT2D eigenvalue weighted by atomic mass is 9.88. The maximum atomic E-state index is 11.5. The molecule has 6 N–H and O–H groups in total. The monoisotopic (exact) mass is 244 g/mol. The Labute approximate surface area is 99.4 Å². The summed E-state index contributed by atoms with van der Waals surface area (Å²) in [6.45, 7) is 1.40. The second-order valence-electron chi connectivity index (χ2n) is 4.31.